The molecule has 0 spiro atoms. The molecule has 0 aromatic carbocycles. The van der Waals surface area contributed by atoms with Gasteiger partial charge in [-0.2, -0.15) is 0 Å². The summed E-state index contributed by atoms with van der Waals surface area (Å²) in [6.07, 6.45) is 18.0. The number of hydrogen-bond donors (Lipinski definition) is 2. The topological polar surface area (TPSA) is 74.6 Å². The molecule has 0 aromatic heterocycles. The molecule has 2 saturated carbocycles. The predicted molar refractivity (Wildman–Crippen MR) is 138 cm³/mol. The third kappa shape index (κ3) is 21.1. The molecule has 0 heterocycles. The summed E-state index contributed by atoms with van der Waals surface area (Å²) in [5.74, 6) is 0. The van der Waals surface area contributed by atoms with Gasteiger partial charge in [-0.1, -0.05) is 62.0 Å². The van der Waals surface area contributed by atoms with E-state index >= 15 is 0 Å². The van der Waals surface area contributed by atoms with Gasteiger partial charge in [0.2, 0.25) is 10.2 Å². The molecule has 2 radical (unpaired) electrons. The molecule has 0 unspecified atom stereocenters. The number of carbonyl (C=O) groups is 2. The van der Waals surface area contributed by atoms with E-state index in [0.717, 1.165) is 25.7 Å². The Morgan fingerprint density at radius 3 is 1.35 bits per heavy atom. The first-order chi connectivity index (χ1) is 15.1. The standard InChI is InChI=1S/2C8H14O2S.2C4H9.Sn/c2*9-6-8(10)11-7-4-2-1-3-5-7;2*1-3-4-2;/h2*7,9H,1-6H2;2*1,3-4H2,2H3;. The van der Waals surface area contributed by atoms with Crippen molar-refractivity contribution in [2.24, 2.45) is 0 Å². The van der Waals surface area contributed by atoms with Crippen LogP contribution in [0.2, 0.25) is 8.87 Å². The van der Waals surface area contributed by atoms with Crippen molar-refractivity contribution in [1.82, 2.24) is 0 Å². The Morgan fingerprint density at radius 2 is 1.06 bits per heavy atom. The third-order valence-corrected chi connectivity index (χ3v) is 11.8. The Bertz CT molecular complexity index is 388. The van der Waals surface area contributed by atoms with Gasteiger partial charge >= 0.3 is 69.5 Å². The Hall–Kier alpha value is 0.759. The molecular formula is C24H46O4S2Sn. The first-order valence-corrected chi connectivity index (χ1v) is 18.2. The Morgan fingerprint density at radius 1 is 0.710 bits per heavy atom. The van der Waals surface area contributed by atoms with Crippen LogP contribution < -0.4 is 0 Å². The van der Waals surface area contributed by atoms with Gasteiger partial charge in [0, 0.05) is 10.5 Å². The Labute approximate surface area is 210 Å². The van der Waals surface area contributed by atoms with Crippen LogP contribution in [0.3, 0.4) is 0 Å². The number of carbonyl (C=O) groups excluding carboxylic acids is 2. The van der Waals surface area contributed by atoms with Gasteiger partial charge in [-0.25, -0.2) is 0 Å². The third-order valence-electron chi connectivity index (χ3n) is 5.37. The van der Waals surface area contributed by atoms with Gasteiger partial charge < -0.3 is 10.2 Å². The molecule has 0 atom stereocenters. The zero-order chi connectivity index (χ0) is 23.2. The summed E-state index contributed by atoms with van der Waals surface area (Å²) in [6.45, 7) is 3.97. The van der Waals surface area contributed by atoms with Crippen LogP contribution >= 0.6 is 23.5 Å². The van der Waals surface area contributed by atoms with E-state index in [2.05, 4.69) is 13.8 Å². The molecular weight excluding hydrogens is 535 g/mol. The number of hydrogen-bond acceptors (Lipinski definition) is 6. The number of rotatable bonds is 10. The molecule has 0 amide bonds. The number of aliphatic hydroxyl groups is 2. The van der Waals surface area contributed by atoms with Gasteiger partial charge in [-0.15, -0.1) is 0 Å². The smallest absolute Gasteiger partial charge is 0.214 e. The summed E-state index contributed by atoms with van der Waals surface area (Å²) in [4.78, 5) is 21.6. The SMILES string of the molecule is CCC[CH2][Sn][CH2]CCC.O=C(CO)SC1CCCCC1.O=C(CO)SC1CCCCC1. The van der Waals surface area contributed by atoms with Crippen LogP contribution in [0, 0.1) is 0 Å². The quantitative estimate of drug-likeness (QED) is 0.234. The van der Waals surface area contributed by atoms with Crippen LogP contribution in [0.4, 0.5) is 0 Å². The van der Waals surface area contributed by atoms with Crippen molar-refractivity contribution >= 4 is 54.9 Å². The molecule has 0 aliphatic heterocycles. The van der Waals surface area contributed by atoms with Gasteiger partial charge in [0.05, 0.1) is 0 Å². The van der Waals surface area contributed by atoms with E-state index in [4.69, 9.17) is 10.2 Å². The van der Waals surface area contributed by atoms with Crippen LogP contribution in [0.1, 0.15) is 104 Å². The van der Waals surface area contributed by atoms with Crippen molar-refractivity contribution < 1.29 is 19.8 Å². The molecule has 2 aliphatic rings. The minimum Gasteiger partial charge on any atom is -0.388 e. The van der Waals surface area contributed by atoms with Gasteiger partial charge in [0.15, 0.2) is 0 Å². The molecule has 0 saturated heterocycles. The van der Waals surface area contributed by atoms with Crippen molar-refractivity contribution in [3.05, 3.63) is 0 Å². The van der Waals surface area contributed by atoms with Gasteiger partial charge in [-0.3, -0.25) is 9.59 Å². The summed E-state index contributed by atoms with van der Waals surface area (Å²) in [5, 5.41) is 17.8. The predicted octanol–water partition coefficient (Wildman–Crippen LogP) is 6.27. The van der Waals surface area contributed by atoms with Crippen molar-refractivity contribution in [1.29, 1.82) is 0 Å². The second kappa shape index (κ2) is 23.9. The fraction of sp³-hybridized carbons (Fsp3) is 0.917. The maximum atomic E-state index is 10.8. The van der Waals surface area contributed by atoms with Crippen LogP contribution in [-0.2, 0) is 9.59 Å². The van der Waals surface area contributed by atoms with Crippen molar-refractivity contribution in [3.8, 4) is 0 Å². The van der Waals surface area contributed by atoms with Crippen molar-refractivity contribution in [2.45, 2.75) is 123 Å². The van der Waals surface area contributed by atoms with E-state index < -0.39 is 0 Å². The van der Waals surface area contributed by atoms with E-state index in [-0.39, 0.29) is 44.6 Å². The Balaban J connectivity index is 0.000000439. The average Bonchev–Trinajstić information content (AvgIpc) is 2.81. The molecule has 7 heteroatoms. The van der Waals surface area contributed by atoms with E-state index in [0.29, 0.717) is 10.5 Å². The van der Waals surface area contributed by atoms with Crippen molar-refractivity contribution in [2.75, 3.05) is 13.2 Å². The van der Waals surface area contributed by atoms with Crippen LogP contribution in [0.25, 0.3) is 0 Å². The van der Waals surface area contributed by atoms with Gasteiger partial charge in [0.25, 0.3) is 0 Å². The largest absolute Gasteiger partial charge is 0.388 e. The minimum absolute atomic E-state index is 0.0723. The zero-order valence-electron chi connectivity index (χ0n) is 19.9. The van der Waals surface area contributed by atoms with Gasteiger partial charge in [-0.05, 0) is 25.7 Å². The summed E-state index contributed by atoms with van der Waals surface area (Å²) in [7, 11) is 0. The maximum absolute atomic E-state index is 10.8. The monoisotopic (exact) mass is 582 g/mol. The average molecular weight is 581 g/mol. The van der Waals surface area contributed by atoms with Crippen LogP contribution in [0.15, 0.2) is 0 Å². The molecule has 0 bridgehead atoms. The van der Waals surface area contributed by atoms with E-state index in [1.807, 2.05) is 0 Å². The van der Waals surface area contributed by atoms with Crippen molar-refractivity contribution in [3.63, 3.8) is 0 Å². The van der Waals surface area contributed by atoms with Crippen LogP contribution in [0.5, 0.6) is 0 Å². The summed E-state index contributed by atoms with van der Waals surface area (Å²) in [6, 6.07) is 0. The molecule has 4 nitrogen and oxygen atoms in total. The first-order valence-electron chi connectivity index (χ1n) is 12.4. The summed E-state index contributed by atoms with van der Waals surface area (Å²) < 4.78 is 3.25. The Kier molecular flexibility index (Phi) is 24.5. The fourth-order valence-electron chi connectivity index (χ4n) is 3.54. The van der Waals surface area contributed by atoms with E-state index in [9.17, 15) is 9.59 Å². The summed E-state index contributed by atoms with van der Waals surface area (Å²) in [5.41, 5.74) is 0. The zero-order valence-corrected chi connectivity index (χ0v) is 24.4. The molecule has 0 aromatic rings. The molecule has 2 fully saturated rings. The van der Waals surface area contributed by atoms with Crippen LogP contribution in [-0.4, -0.2) is 65.3 Å². The number of aliphatic hydroxyl groups excluding tert-OH is 2. The normalized spacial score (nSPS) is 17.2. The second-order valence-electron chi connectivity index (χ2n) is 8.27. The molecule has 2 rings (SSSR count). The molecule has 2 N–H and O–H groups in total. The minimum atomic E-state index is -0.304. The molecule has 2 aliphatic carbocycles. The summed E-state index contributed by atoms with van der Waals surface area (Å²) >= 11 is 2.81. The number of thioether (sulfide) groups is 2. The molecule has 182 valence electrons. The first kappa shape index (κ1) is 31.8. The van der Waals surface area contributed by atoms with Gasteiger partial charge in [0.1, 0.15) is 13.2 Å². The fourth-order valence-corrected chi connectivity index (χ4v) is 9.73. The maximum Gasteiger partial charge on any atom is 0.214 e. The molecule has 31 heavy (non-hydrogen) atoms. The van der Waals surface area contributed by atoms with E-state index in [1.54, 1.807) is 8.87 Å². The second-order valence-corrected chi connectivity index (χ2v) is 15.3. The van der Waals surface area contributed by atoms with E-state index in [1.165, 1.54) is 87.7 Å². The number of unbranched alkanes of at least 4 members (excludes halogenated alkanes) is 2.